The summed E-state index contributed by atoms with van der Waals surface area (Å²) in [5.41, 5.74) is 5.33. The normalized spacial score (nSPS) is 20.7. The van der Waals surface area contributed by atoms with Gasteiger partial charge in [0.25, 0.3) is 0 Å². The fourth-order valence-electron chi connectivity index (χ4n) is 3.88. The summed E-state index contributed by atoms with van der Waals surface area (Å²) >= 11 is 1.69. The number of carbonyl (C=O) groups excluding carboxylic acids is 1. The van der Waals surface area contributed by atoms with Crippen molar-refractivity contribution >= 4 is 22.9 Å². The molecule has 0 fully saturated rings. The van der Waals surface area contributed by atoms with Crippen LogP contribution in [0, 0.1) is 6.92 Å². The van der Waals surface area contributed by atoms with Gasteiger partial charge in [-0.05, 0) is 62.9 Å². The molecule has 0 amide bonds. The predicted octanol–water partition coefficient (Wildman–Crippen LogP) is 4.57. The van der Waals surface area contributed by atoms with Gasteiger partial charge in [-0.3, -0.25) is 4.79 Å². The molecule has 0 bridgehead atoms. The maximum absolute atomic E-state index is 12.7. The summed E-state index contributed by atoms with van der Waals surface area (Å²) in [5.74, 6) is 1.37. The van der Waals surface area contributed by atoms with Crippen molar-refractivity contribution in [2.24, 2.45) is 0 Å². The van der Waals surface area contributed by atoms with Crippen LogP contribution in [0.3, 0.4) is 0 Å². The lowest BCUT2D eigenvalue weighted by Gasteiger charge is -2.34. The topological polar surface area (TPSA) is 46.9 Å². The minimum Gasteiger partial charge on any atom is -0.343 e. The summed E-state index contributed by atoms with van der Waals surface area (Å²) in [4.78, 5) is 12.7. The van der Waals surface area contributed by atoms with Crippen molar-refractivity contribution in [1.82, 2.24) is 9.78 Å². The average Bonchev–Trinajstić information content (AvgIpc) is 3.13. The molecule has 0 saturated heterocycles. The number of hydrogen-bond donors (Lipinski definition) is 1. The second-order valence-corrected chi connectivity index (χ2v) is 8.49. The molecule has 0 radical (unpaired) electrons. The van der Waals surface area contributed by atoms with Gasteiger partial charge in [0.2, 0.25) is 0 Å². The van der Waals surface area contributed by atoms with Gasteiger partial charge in [-0.15, -0.1) is 0 Å². The second kappa shape index (κ2) is 5.31. The molecule has 2 aliphatic rings. The molecule has 3 heterocycles. The van der Waals surface area contributed by atoms with E-state index in [1.54, 1.807) is 11.3 Å². The van der Waals surface area contributed by atoms with Gasteiger partial charge in [0.1, 0.15) is 5.82 Å². The monoisotopic (exact) mass is 341 g/mol. The van der Waals surface area contributed by atoms with Crippen LogP contribution in [0.15, 0.2) is 28.1 Å². The number of anilines is 1. The van der Waals surface area contributed by atoms with Gasteiger partial charge in [0.05, 0.1) is 11.2 Å². The van der Waals surface area contributed by atoms with Gasteiger partial charge in [0, 0.05) is 29.2 Å². The molecule has 1 N–H and O–H groups in total. The minimum absolute atomic E-state index is 0.0198. The first kappa shape index (κ1) is 15.6. The lowest BCUT2D eigenvalue weighted by molar-refractivity contribution is -0.116. The van der Waals surface area contributed by atoms with Gasteiger partial charge in [0.15, 0.2) is 5.78 Å². The first-order valence-corrected chi connectivity index (χ1v) is 9.47. The number of nitrogens with one attached hydrogen (secondary N) is 1. The number of allylic oxidation sites excluding steroid dienone is 2. The van der Waals surface area contributed by atoms with Crippen LogP contribution in [0.4, 0.5) is 5.82 Å². The van der Waals surface area contributed by atoms with Crippen molar-refractivity contribution in [3.8, 4) is 0 Å². The number of ketones is 1. The van der Waals surface area contributed by atoms with Crippen molar-refractivity contribution in [2.45, 2.75) is 58.4 Å². The molecule has 4 nitrogen and oxygen atoms in total. The van der Waals surface area contributed by atoms with E-state index >= 15 is 0 Å². The highest BCUT2D eigenvalue weighted by atomic mass is 32.1. The standard InChI is InChI=1S/C19H23N3OS/c1-11-15-16(12-8-9-24-10-12)17-13(6-5-7-14(17)23)20-18(15)22(21-11)19(2,3)4/h8-10,16,20H,5-7H2,1-4H3/t16-/m0/s1. The van der Waals surface area contributed by atoms with E-state index in [1.165, 1.54) is 5.56 Å². The number of hydrogen-bond acceptors (Lipinski definition) is 4. The third kappa shape index (κ3) is 2.25. The second-order valence-electron chi connectivity index (χ2n) is 7.71. The van der Waals surface area contributed by atoms with Gasteiger partial charge in [-0.2, -0.15) is 16.4 Å². The summed E-state index contributed by atoms with van der Waals surface area (Å²) < 4.78 is 2.08. The minimum atomic E-state index is -0.110. The van der Waals surface area contributed by atoms with E-state index in [2.05, 4.69) is 54.5 Å². The number of nitrogens with zero attached hydrogens (tertiary/aromatic N) is 2. The Morgan fingerprint density at radius 2 is 2.12 bits per heavy atom. The summed E-state index contributed by atoms with van der Waals surface area (Å²) in [5, 5.41) is 12.7. The van der Waals surface area contributed by atoms with E-state index in [1.807, 2.05) is 0 Å². The van der Waals surface area contributed by atoms with Gasteiger partial charge < -0.3 is 5.32 Å². The lowest BCUT2D eigenvalue weighted by atomic mass is 9.77. The van der Waals surface area contributed by atoms with Gasteiger partial charge >= 0.3 is 0 Å². The van der Waals surface area contributed by atoms with Crippen LogP contribution >= 0.6 is 11.3 Å². The molecule has 2 aromatic heterocycles. The van der Waals surface area contributed by atoms with Crippen molar-refractivity contribution in [1.29, 1.82) is 0 Å². The van der Waals surface area contributed by atoms with Crippen LogP contribution in [0.1, 0.15) is 62.8 Å². The maximum atomic E-state index is 12.7. The molecule has 24 heavy (non-hydrogen) atoms. The van der Waals surface area contributed by atoms with Crippen molar-refractivity contribution < 1.29 is 4.79 Å². The Morgan fingerprint density at radius 1 is 1.33 bits per heavy atom. The Labute approximate surface area is 146 Å². The molecule has 0 aromatic carbocycles. The zero-order chi connectivity index (χ0) is 17.1. The quantitative estimate of drug-likeness (QED) is 0.826. The fraction of sp³-hybridized carbons (Fsp3) is 0.474. The Morgan fingerprint density at radius 3 is 2.79 bits per heavy atom. The molecular formula is C19H23N3OS. The summed E-state index contributed by atoms with van der Waals surface area (Å²) in [7, 11) is 0. The number of aryl methyl sites for hydroxylation is 1. The molecule has 5 heteroatoms. The Kier molecular flexibility index (Phi) is 3.46. The Bertz CT molecular complexity index is 837. The molecule has 1 aliphatic heterocycles. The molecular weight excluding hydrogens is 318 g/mol. The van der Waals surface area contributed by atoms with Crippen molar-refractivity contribution in [2.75, 3.05) is 5.32 Å². The third-order valence-electron chi connectivity index (χ3n) is 4.92. The number of rotatable bonds is 1. The molecule has 0 spiro atoms. The molecule has 1 atom stereocenters. The van der Waals surface area contributed by atoms with E-state index in [4.69, 9.17) is 5.10 Å². The summed E-state index contributed by atoms with van der Waals surface area (Å²) in [6.07, 6.45) is 2.53. The van der Waals surface area contributed by atoms with E-state index in [0.717, 1.165) is 41.2 Å². The van der Waals surface area contributed by atoms with Crippen LogP contribution < -0.4 is 5.32 Å². The van der Waals surface area contributed by atoms with Gasteiger partial charge in [-0.1, -0.05) is 0 Å². The van der Waals surface area contributed by atoms with Gasteiger partial charge in [-0.25, -0.2) is 4.68 Å². The molecule has 4 rings (SSSR count). The zero-order valence-electron chi connectivity index (χ0n) is 14.6. The van der Waals surface area contributed by atoms with E-state index in [0.29, 0.717) is 6.42 Å². The average molecular weight is 341 g/mol. The zero-order valence-corrected chi connectivity index (χ0v) is 15.5. The van der Waals surface area contributed by atoms with E-state index < -0.39 is 0 Å². The van der Waals surface area contributed by atoms with Crippen LogP contribution in [0.5, 0.6) is 0 Å². The lowest BCUT2D eigenvalue weighted by Crippen LogP contribution is -2.30. The smallest absolute Gasteiger partial charge is 0.161 e. The highest BCUT2D eigenvalue weighted by molar-refractivity contribution is 7.08. The molecule has 0 saturated carbocycles. The molecule has 126 valence electrons. The summed E-state index contributed by atoms with van der Waals surface area (Å²) in [6, 6.07) is 2.14. The Hall–Kier alpha value is -1.88. The number of Topliss-reactive ketones (excluding diaryl/α,β-unsaturated/α-hetero) is 1. The fourth-order valence-corrected chi connectivity index (χ4v) is 4.56. The number of fused-ring (bicyclic) bond motifs is 1. The number of aromatic nitrogens is 2. The predicted molar refractivity (Wildman–Crippen MR) is 97.6 cm³/mol. The van der Waals surface area contributed by atoms with Crippen LogP contribution in [-0.2, 0) is 10.3 Å². The largest absolute Gasteiger partial charge is 0.343 e. The highest BCUT2D eigenvalue weighted by Gasteiger charge is 2.39. The van der Waals surface area contributed by atoms with Crippen LogP contribution in [0.2, 0.25) is 0 Å². The maximum Gasteiger partial charge on any atom is 0.161 e. The SMILES string of the molecule is Cc1nn(C(C)(C)C)c2c1[C@H](c1ccsc1)C1=C(CCCC1=O)N2. The van der Waals surface area contributed by atoms with Crippen molar-refractivity contribution in [3.05, 3.63) is 44.9 Å². The third-order valence-corrected chi connectivity index (χ3v) is 5.62. The molecule has 1 aliphatic carbocycles. The highest BCUT2D eigenvalue weighted by Crippen LogP contribution is 2.47. The van der Waals surface area contributed by atoms with E-state index in [-0.39, 0.29) is 17.2 Å². The van der Waals surface area contributed by atoms with E-state index in [9.17, 15) is 4.79 Å². The molecule has 0 unspecified atom stereocenters. The van der Waals surface area contributed by atoms with Crippen molar-refractivity contribution in [3.63, 3.8) is 0 Å². The molecule has 2 aromatic rings. The first-order chi connectivity index (χ1) is 11.4. The summed E-state index contributed by atoms with van der Waals surface area (Å²) in [6.45, 7) is 8.55. The number of thiophene rings is 1. The van der Waals surface area contributed by atoms with Crippen LogP contribution in [-0.4, -0.2) is 15.6 Å². The first-order valence-electron chi connectivity index (χ1n) is 8.53. The van der Waals surface area contributed by atoms with Crippen LogP contribution in [0.25, 0.3) is 0 Å². The Balaban J connectivity index is 1.98. The number of carbonyl (C=O) groups is 1.